The fraction of sp³-hybridized carbons (Fsp3) is 0.800. The Bertz CT molecular complexity index is 344. The van der Waals surface area contributed by atoms with Crippen molar-refractivity contribution >= 4 is 11.9 Å². The molecular weight excluding hydrogens is 194 g/mol. The molecule has 0 saturated carbocycles. The van der Waals surface area contributed by atoms with E-state index in [1.807, 2.05) is 0 Å². The summed E-state index contributed by atoms with van der Waals surface area (Å²) in [6.45, 7) is 0. The molecular formula is C10H15N3O2. The predicted octanol–water partition coefficient (Wildman–Crippen LogP) is -0.179. The lowest BCUT2D eigenvalue weighted by molar-refractivity contribution is -0.124. The van der Waals surface area contributed by atoms with E-state index in [0.29, 0.717) is 6.04 Å². The fourth-order valence-corrected chi connectivity index (χ4v) is 3.44. The van der Waals surface area contributed by atoms with Gasteiger partial charge in [0.25, 0.3) is 5.91 Å². The molecule has 82 valence electrons. The van der Waals surface area contributed by atoms with Crippen molar-refractivity contribution in [3.05, 3.63) is 0 Å². The molecule has 1 spiro atoms. The van der Waals surface area contributed by atoms with Crippen molar-refractivity contribution in [2.75, 3.05) is 7.05 Å². The Morgan fingerprint density at radius 1 is 1.40 bits per heavy atom. The molecule has 3 rings (SSSR count). The highest BCUT2D eigenvalue weighted by Crippen LogP contribution is 2.42. The van der Waals surface area contributed by atoms with Gasteiger partial charge in [-0.2, -0.15) is 0 Å². The second-order valence-corrected chi connectivity index (χ2v) is 4.85. The van der Waals surface area contributed by atoms with Crippen LogP contribution in [0.1, 0.15) is 25.7 Å². The van der Waals surface area contributed by atoms with Crippen LogP contribution in [0.2, 0.25) is 0 Å². The highest BCUT2D eigenvalue weighted by molar-refractivity contribution is 6.07. The van der Waals surface area contributed by atoms with Gasteiger partial charge in [-0.15, -0.1) is 0 Å². The number of likely N-dealkylation sites (N-methyl/N-ethyl adjacent to an activating group) is 1. The number of nitrogens with one attached hydrogen (secondary N) is 2. The molecule has 3 saturated heterocycles. The average Bonchev–Trinajstić information content (AvgIpc) is 2.54. The van der Waals surface area contributed by atoms with Gasteiger partial charge in [0.2, 0.25) is 0 Å². The number of piperidine rings is 1. The molecule has 1 unspecified atom stereocenters. The maximum absolute atomic E-state index is 11.9. The number of fused-ring (bicyclic) bond motifs is 3. The quantitative estimate of drug-likeness (QED) is 0.544. The van der Waals surface area contributed by atoms with Crippen molar-refractivity contribution in [3.8, 4) is 0 Å². The normalized spacial score (nSPS) is 44.6. The number of imide groups is 1. The van der Waals surface area contributed by atoms with Crippen LogP contribution in [0.5, 0.6) is 0 Å². The molecule has 2 bridgehead atoms. The van der Waals surface area contributed by atoms with E-state index in [9.17, 15) is 9.59 Å². The van der Waals surface area contributed by atoms with Crippen LogP contribution in [0.25, 0.3) is 0 Å². The summed E-state index contributed by atoms with van der Waals surface area (Å²) >= 11 is 0. The van der Waals surface area contributed by atoms with Gasteiger partial charge < -0.3 is 5.32 Å². The van der Waals surface area contributed by atoms with Crippen LogP contribution < -0.4 is 10.6 Å². The Morgan fingerprint density at radius 3 is 2.80 bits per heavy atom. The molecule has 3 fully saturated rings. The fourth-order valence-electron chi connectivity index (χ4n) is 3.44. The maximum atomic E-state index is 11.9. The van der Waals surface area contributed by atoms with E-state index in [1.54, 1.807) is 0 Å². The smallest absolute Gasteiger partial charge is 0.322 e. The number of hydrogen-bond donors (Lipinski definition) is 2. The van der Waals surface area contributed by atoms with Crippen molar-refractivity contribution < 1.29 is 9.59 Å². The third kappa shape index (κ3) is 1.01. The number of rotatable bonds is 0. The summed E-state index contributed by atoms with van der Waals surface area (Å²) in [5.41, 5.74) is -0.632. The molecule has 3 amide bonds. The Morgan fingerprint density at radius 2 is 2.20 bits per heavy atom. The summed E-state index contributed by atoms with van der Waals surface area (Å²) in [6.07, 6.45) is 4.06. The second kappa shape index (κ2) is 2.72. The van der Waals surface area contributed by atoms with Gasteiger partial charge in [-0.05, 0) is 26.3 Å². The first kappa shape index (κ1) is 9.15. The van der Waals surface area contributed by atoms with Crippen molar-refractivity contribution in [2.45, 2.75) is 43.3 Å². The number of hydrogen-bond acceptors (Lipinski definition) is 3. The van der Waals surface area contributed by atoms with Crippen LogP contribution >= 0.6 is 0 Å². The van der Waals surface area contributed by atoms with E-state index in [1.165, 1.54) is 0 Å². The molecule has 3 aliphatic heterocycles. The van der Waals surface area contributed by atoms with Crippen molar-refractivity contribution in [1.82, 2.24) is 15.5 Å². The average molecular weight is 209 g/mol. The molecule has 0 aromatic rings. The molecule has 5 heteroatoms. The predicted molar refractivity (Wildman–Crippen MR) is 53.2 cm³/mol. The second-order valence-electron chi connectivity index (χ2n) is 4.85. The number of carbonyl (C=O) groups excluding carboxylic acids is 2. The Labute approximate surface area is 88.2 Å². The minimum atomic E-state index is -0.632. The van der Waals surface area contributed by atoms with Crippen LogP contribution in [-0.2, 0) is 4.79 Å². The zero-order valence-corrected chi connectivity index (χ0v) is 8.75. The summed E-state index contributed by atoms with van der Waals surface area (Å²) < 4.78 is 0. The standard InChI is InChI=1S/C10H15N3O2/c1-13-6-3-2-4-7(13)10(5-6)8(14)11-9(15)12-10/h6-7H,2-5H2,1H3,(H2,11,12,14,15)/t6-,7+,10?/m0/s1. The number of carbonyl (C=O) groups is 2. The van der Waals surface area contributed by atoms with Gasteiger partial charge in [-0.3, -0.25) is 15.0 Å². The number of nitrogens with zero attached hydrogens (tertiary/aromatic N) is 1. The van der Waals surface area contributed by atoms with Crippen molar-refractivity contribution in [3.63, 3.8) is 0 Å². The molecule has 3 atom stereocenters. The summed E-state index contributed by atoms with van der Waals surface area (Å²) in [6, 6.07) is 0.302. The van der Waals surface area contributed by atoms with Gasteiger partial charge in [0.15, 0.2) is 0 Å². The van der Waals surface area contributed by atoms with Gasteiger partial charge >= 0.3 is 6.03 Å². The molecule has 0 aromatic heterocycles. The lowest BCUT2D eigenvalue weighted by Crippen LogP contribution is -2.56. The third-order valence-corrected chi connectivity index (χ3v) is 4.18. The zero-order valence-electron chi connectivity index (χ0n) is 8.75. The van der Waals surface area contributed by atoms with Gasteiger partial charge in [-0.1, -0.05) is 6.42 Å². The number of amides is 3. The SMILES string of the molecule is CN1[C@H]2CCC[C@@H]1C1(C2)NC(=O)NC1=O. The summed E-state index contributed by atoms with van der Waals surface area (Å²) in [4.78, 5) is 25.4. The largest absolute Gasteiger partial charge is 0.322 e. The first-order valence-corrected chi connectivity index (χ1v) is 5.49. The van der Waals surface area contributed by atoms with Crippen LogP contribution in [-0.4, -0.2) is 41.5 Å². The van der Waals surface area contributed by atoms with Gasteiger partial charge in [0.05, 0.1) is 0 Å². The minimum absolute atomic E-state index is 0.131. The molecule has 3 heterocycles. The Kier molecular flexibility index (Phi) is 1.66. The maximum Gasteiger partial charge on any atom is 0.322 e. The van der Waals surface area contributed by atoms with E-state index in [2.05, 4.69) is 22.6 Å². The van der Waals surface area contributed by atoms with E-state index in [4.69, 9.17) is 0 Å². The molecule has 0 aromatic carbocycles. The Balaban J connectivity index is 2.00. The van der Waals surface area contributed by atoms with Crippen molar-refractivity contribution in [2.24, 2.45) is 0 Å². The van der Waals surface area contributed by atoms with E-state index in [-0.39, 0.29) is 18.0 Å². The highest BCUT2D eigenvalue weighted by Gasteiger charge is 2.60. The summed E-state index contributed by atoms with van der Waals surface area (Å²) in [5, 5.41) is 5.21. The molecule has 2 N–H and O–H groups in total. The first-order chi connectivity index (χ1) is 7.13. The van der Waals surface area contributed by atoms with E-state index in [0.717, 1.165) is 25.7 Å². The zero-order chi connectivity index (χ0) is 10.6. The van der Waals surface area contributed by atoms with Crippen LogP contribution in [0.4, 0.5) is 4.79 Å². The molecule has 15 heavy (non-hydrogen) atoms. The first-order valence-electron chi connectivity index (χ1n) is 5.49. The molecule has 3 aliphatic rings. The highest BCUT2D eigenvalue weighted by atomic mass is 16.2. The minimum Gasteiger partial charge on any atom is -0.322 e. The van der Waals surface area contributed by atoms with Crippen LogP contribution in [0.3, 0.4) is 0 Å². The molecule has 0 radical (unpaired) electrons. The molecule has 5 nitrogen and oxygen atoms in total. The van der Waals surface area contributed by atoms with Gasteiger partial charge in [-0.25, -0.2) is 4.79 Å². The van der Waals surface area contributed by atoms with Gasteiger partial charge in [0.1, 0.15) is 5.54 Å². The monoisotopic (exact) mass is 209 g/mol. The topological polar surface area (TPSA) is 61.4 Å². The van der Waals surface area contributed by atoms with Crippen LogP contribution in [0.15, 0.2) is 0 Å². The lowest BCUT2D eigenvalue weighted by Gasteiger charge is -2.34. The summed E-state index contributed by atoms with van der Waals surface area (Å²) in [5.74, 6) is -0.131. The Hall–Kier alpha value is -1.10. The third-order valence-electron chi connectivity index (χ3n) is 4.18. The number of urea groups is 1. The van der Waals surface area contributed by atoms with Crippen LogP contribution in [0, 0.1) is 0 Å². The molecule has 0 aliphatic carbocycles. The van der Waals surface area contributed by atoms with E-state index >= 15 is 0 Å². The van der Waals surface area contributed by atoms with E-state index < -0.39 is 5.54 Å². The van der Waals surface area contributed by atoms with Crippen molar-refractivity contribution in [1.29, 1.82) is 0 Å². The van der Waals surface area contributed by atoms with Gasteiger partial charge in [0, 0.05) is 12.1 Å². The summed E-state index contributed by atoms with van der Waals surface area (Å²) in [7, 11) is 2.06. The lowest BCUT2D eigenvalue weighted by atomic mass is 9.89.